The molecule has 0 spiro atoms. The maximum atomic E-state index is 11.7. The van der Waals surface area contributed by atoms with E-state index in [1.807, 2.05) is 0 Å². The molecule has 0 aromatic carbocycles. The standard InChI is InChI=1S/C11H17NO5/c13-9-4-2-1-3-7-12(9)8(11(16)17)5-6-10(14)15/h8H,1-7H2,(H,14,15)(H,16,17). The number of rotatable bonds is 5. The first kappa shape index (κ1) is 13.5. The first-order chi connectivity index (χ1) is 8.02. The van der Waals surface area contributed by atoms with Crippen LogP contribution in [0.5, 0.6) is 0 Å². The van der Waals surface area contributed by atoms with Gasteiger partial charge >= 0.3 is 11.9 Å². The molecule has 96 valence electrons. The molecule has 0 bridgehead atoms. The van der Waals surface area contributed by atoms with Crippen molar-refractivity contribution >= 4 is 17.8 Å². The molecule has 1 heterocycles. The Bertz CT molecular complexity index is 315. The van der Waals surface area contributed by atoms with Crippen molar-refractivity contribution in [3.05, 3.63) is 0 Å². The summed E-state index contributed by atoms with van der Waals surface area (Å²) in [6.07, 6.45) is 2.56. The lowest BCUT2D eigenvalue weighted by Gasteiger charge is -2.27. The highest BCUT2D eigenvalue weighted by atomic mass is 16.4. The Labute approximate surface area is 99.2 Å². The summed E-state index contributed by atoms with van der Waals surface area (Å²) in [4.78, 5) is 34.6. The fourth-order valence-electron chi connectivity index (χ4n) is 2.01. The zero-order valence-electron chi connectivity index (χ0n) is 9.59. The zero-order valence-corrected chi connectivity index (χ0v) is 9.59. The van der Waals surface area contributed by atoms with E-state index < -0.39 is 18.0 Å². The van der Waals surface area contributed by atoms with Crippen molar-refractivity contribution in [3.63, 3.8) is 0 Å². The van der Waals surface area contributed by atoms with Gasteiger partial charge in [-0.3, -0.25) is 9.59 Å². The topological polar surface area (TPSA) is 94.9 Å². The number of likely N-dealkylation sites (tertiary alicyclic amines) is 1. The van der Waals surface area contributed by atoms with Gasteiger partial charge in [-0.2, -0.15) is 0 Å². The molecule has 1 aliphatic rings. The van der Waals surface area contributed by atoms with Gasteiger partial charge in [-0.1, -0.05) is 6.42 Å². The molecular weight excluding hydrogens is 226 g/mol. The van der Waals surface area contributed by atoms with Gasteiger partial charge in [0.2, 0.25) is 5.91 Å². The SMILES string of the molecule is O=C(O)CCC(C(=O)O)N1CCCCCC1=O. The molecule has 6 heteroatoms. The lowest BCUT2D eigenvalue weighted by Crippen LogP contribution is -2.45. The number of carbonyl (C=O) groups excluding carboxylic acids is 1. The van der Waals surface area contributed by atoms with Crippen molar-refractivity contribution in [1.82, 2.24) is 4.90 Å². The second-order valence-corrected chi connectivity index (χ2v) is 4.18. The van der Waals surface area contributed by atoms with Crippen molar-refractivity contribution in [3.8, 4) is 0 Å². The second-order valence-electron chi connectivity index (χ2n) is 4.18. The highest BCUT2D eigenvalue weighted by Gasteiger charge is 2.30. The molecular formula is C11H17NO5. The molecule has 2 N–H and O–H groups in total. The third-order valence-electron chi connectivity index (χ3n) is 2.90. The van der Waals surface area contributed by atoms with Crippen LogP contribution in [0, 0.1) is 0 Å². The molecule has 1 rings (SSSR count). The fourth-order valence-corrected chi connectivity index (χ4v) is 2.01. The Kier molecular flexibility index (Phi) is 4.93. The molecule has 1 unspecified atom stereocenters. The molecule has 1 fully saturated rings. The van der Waals surface area contributed by atoms with E-state index in [1.54, 1.807) is 0 Å². The molecule has 0 radical (unpaired) electrons. The maximum Gasteiger partial charge on any atom is 0.326 e. The predicted molar refractivity (Wildman–Crippen MR) is 58.5 cm³/mol. The van der Waals surface area contributed by atoms with Crippen LogP contribution in [0.1, 0.15) is 38.5 Å². The van der Waals surface area contributed by atoms with Crippen LogP contribution in [0.25, 0.3) is 0 Å². The molecule has 1 saturated heterocycles. The minimum atomic E-state index is -1.12. The molecule has 1 atom stereocenters. The molecule has 0 aromatic heterocycles. The van der Waals surface area contributed by atoms with Crippen LogP contribution in [0.2, 0.25) is 0 Å². The average molecular weight is 243 g/mol. The normalized spacial score (nSPS) is 18.6. The van der Waals surface area contributed by atoms with E-state index in [-0.39, 0.29) is 18.7 Å². The largest absolute Gasteiger partial charge is 0.481 e. The minimum absolute atomic E-state index is 0.0313. The highest BCUT2D eigenvalue weighted by Crippen LogP contribution is 2.17. The van der Waals surface area contributed by atoms with Crippen molar-refractivity contribution in [2.24, 2.45) is 0 Å². The van der Waals surface area contributed by atoms with Crippen LogP contribution in [0.15, 0.2) is 0 Å². The number of hydrogen-bond acceptors (Lipinski definition) is 3. The van der Waals surface area contributed by atoms with Gasteiger partial charge in [0, 0.05) is 19.4 Å². The quantitative estimate of drug-likeness (QED) is 0.741. The average Bonchev–Trinajstić information content (AvgIpc) is 2.44. The van der Waals surface area contributed by atoms with Crippen molar-refractivity contribution in [1.29, 1.82) is 0 Å². The van der Waals surface area contributed by atoms with E-state index >= 15 is 0 Å². The van der Waals surface area contributed by atoms with Gasteiger partial charge in [0.15, 0.2) is 0 Å². The maximum absolute atomic E-state index is 11.7. The second kappa shape index (κ2) is 6.22. The molecule has 17 heavy (non-hydrogen) atoms. The Balaban J connectivity index is 2.69. The predicted octanol–water partition coefficient (Wildman–Crippen LogP) is 0.707. The summed E-state index contributed by atoms with van der Waals surface area (Å²) in [5.41, 5.74) is 0. The van der Waals surface area contributed by atoms with Crippen LogP contribution in [-0.4, -0.2) is 45.5 Å². The number of aliphatic carboxylic acids is 2. The van der Waals surface area contributed by atoms with Crippen molar-refractivity contribution in [2.75, 3.05) is 6.54 Å². The van der Waals surface area contributed by atoms with Gasteiger partial charge in [-0.15, -0.1) is 0 Å². The third-order valence-corrected chi connectivity index (χ3v) is 2.90. The van der Waals surface area contributed by atoms with E-state index in [1.165, 1.54) is 4.90 Å². The molecule has 6 nitrogen and oxygen atoms in total. The van der Waals surface area contributed by atoms with E-state index in [9.17, 15) is 14.4 Å². The summed E-state index contributed by atoms with van der Waals surface area (Å²) in [7, 11) is 0. The Morgan fingerprint density at radius 2 is 1.94 bits per heavy atom. The van der Waals surface area contributed by atoms with E-state index in [0.29, 0.717) is 13.0 Å². The lowest BCUT2D eigenvalue weighted by atomic mass is 10.1. The van der Waals surface area contributed by atoms with Gasteiger partial charge in [-0.05, 0) is 19.3 Å². The van der Waals surface area contributed by atoms with Crippen LogP contribution >= 0.6 is 0 Å². The first-order valence-electron chi connectivity index (χ1n) is 5.76. The van der Waals surface area contributed by atoms with Crippen LogP contribution in [0.3, 0.4) is 0 Å². The highest BCUT2D eigenvalue weighted by molar-refractivity contribution is 5.84. The summed E-state index contributed by atoms with van der Waals surface area (Å²) >= 11 is 0. The van der Waals surface area contributed by atoms with E-state index in [0.717, 1.165) is 19.3 Å². The Morgan fingerprint density at radius 1 is 1.24 bits per heavy atom. The Morgan fingerprint density at radius 3 is 2.53 bits per heavy atom. The molecule has 0 saturated carbocycles. The number of nitrogens with zero attached hydrogens (tertiary/aromatic N) is 1. The van der Waals surface area contributed by atoms with Crippen LogP contribution in [0.4, 0.5) is 0 Å². The summed E-state index contributed by atoms with van der Waals surface area (Å²) in [5.74, 6) is -2.35. The summed E-state index contributed by atoms with van der Waals surface area (Å²) in [6, 6.07) is -1.00. The zero-order chi connectivity index (χ0) is 12.8. The van der Waals surface area contributed by atoms with E-state index in [4.69, 9.17) is 10.2 Å². The summed E-state index contributed by atoms with van der Waals surface area (Å²) in [5, 5.41) is 17.6. The monoisotopic (exact) mass is 243 g/mol. The van der Waals surface area contributed by atoms with Gasteiger partial charge < -0.3 is 15.1 Å². The summed E-state index contributed by atoms with van der Waals surface area (Å²) < 4.78 is 0. The third kappa shape index (κ3) is 4.05. The number of carboxylic acid groups (broad SMARTS) is 2. The van der Waals surface area contributed by atoms with E-state index in [2.05, 4.69) is 0 Å². The number of carbonyl (C=O) groups is 3. The lowest BCUT2D eigenvalue weighted by molar-refractivity contribution is -0.151. The smallest absolute Gasteiger partial charge is 0.326 e. The van der Waals surface area contributed by atoms with Gasteiger partial charge in [0.05, 0.1) is 0 Å². The summed E-state index contributed by atoms with van der Waals surface area (Å²) in [6.45, 7) is 0.412. The van der Waals surface area contributed by atoms with Crippen LogP contribution in [-0.2, 0) is 14.4 Å². The van der Waals surface area contributed by atoms with Crippen molar-refractivity contribution in [2.45, 2.75) is 44.6 Å². The van der Waals surface area contributed by atoms with Crippen LogP contribution < -0.4 is 0 Å². The van der Waals surface area contributed by atoms with Gasteiger partial charge in [0.25, 0.3) is 0 Å². The molecule has 0 aromatic rings. The van der Waals surface area contributed by atoms with Gasteiger partial charge in [0.1, 0.15) is 6.04 Å². The number of amides is 1. The molecule has 0 aliphatic carbocycles. The fraction of sp³-hybridized carbons (Fsp3) is 0.727. The molecule has 1 amide bonds. The number of carboxylic acids is 2. The number of hydrogen-bond donors (Lipinski definition) is 2. The first-order valence-corrected chi connectivity index (χ1v) is 5.76. The van der Waals surface area contributed by atoms with Crippen molar-refractivity contribution < 1.29 is 24.6 Å². The van der Waals surface area contributed by atoms with Gasteiger partial charge in [-0.25, -0.2) is 4.79 Å². The Hall–Kier alpha value is -1.59. The molecule has 1 aliphatic heterocycles. The minimum Gasteiger partial charge on any atom is -0.481 e.